The van der Waals surface area contributed by atoms with Gasteiger partial charge in [0.05, 0.1) is 18.2 Å². The number of ether oxygens (including phenoxy) is 1. The maximum atomic E-state index is 14.1. The normalized spacial score (nSPS) is 12.2. The van der Waals surface area contributed by atoms with Crippen molar-refractivity contribution in [2.75, 3.05) is 7.11 Å². The maximum Gasteiger partial charge on any atom is 0.146 e. The van der Waals surface area contributed by atoms with Gasteiger partial charge in [0.25, 0.3) is 0 Å². The van der Waals surface area contributed by atoms with Gasteiger partial charge in [0, 0.05) is 5.56 Å². The van der Waals surface area contributed by atoms with Crippen LogP contribution >= 0.6 is 11.6 Å². The van der Waals surface area contributed by atoms with Gasteiger partial charge in [0.2, 0.25) is 0 Å². The van der Waals surface area contributed by atoms with Crippen LogP contribution in [-0.4, -0.2) is 7.11 Å². The Balaban J connectivity index is 2.35. The molecule has 0 fully saturated rings. The minimum Gasteiger partial charge on any atom is -0.496 e. The Morgan fingerprint density at radius 2 is 2.10 bits per heavy atom. The van der Waals surface area contributed by atoms with E-state index < -0.39 is 5.82 Å². The van der Waals surface area contributed by atoms with E-state index in [-0.39, 0.29) is 11.1 Å². The summed E-state index contributed by atoms with van der Waals surface area (Å²) in [5.41, 5.74) is 5.15. The van der Waals surface area contributed by atoms with Gasteiger partial charge in [-0.15, -0.1) is 0 Å². The zero-order chi connectivity index (χ0) is 15.4. The smallest absolute Gasteiger partial charge is 0.146 e. The molecule has 21 heavy (non-hydrogen) atoms. The maximum absolute atomic E-state index is 14.1. The predicted octanol–water partition coefficient (Wildman–Crippen LogP) is 3.54. The van der Waals surface area contributed by atoms with Crippen LogP contribution < -0.4 is 16.0 Å². The van der Waals surface area contributed by atoms with Gasteiger partial charge in [-0.25, -0.2) is 4.39 Å². The standard InChI is InChI=1S/C16H18ClFN2O/c1-10-6-7-15(21-2)11(8-10)9-14(20-19)12-4-3-5-13(17)16(12)18/h3-8,14,20H,9,19H2,1-2H3. The molecule has 0 spiro atoms. The molecule has 1 atom stereocenters. The molecule has 0 aromatic heterocycles. The van der Waals surface area contributed by atoms with Crippen molar-refractivity contribution in [2.45, 2.75) is 19.4 Å². The molecular weight excluding hydrogens is 291 g/mol. The summed E-state index contributed by atoms with van der Waals surface area (Å²) in [5, 5.41) is 0.0870. The molecule has 1 unspecified atom stereocenters. The fourth-order valence-electron chi connectivity index (χ4n) is 2.34. The summed E-state index contributed by atoms with van der Waals surface area (Å²) in [6.07, 6.45) is 0.499. The van der Waals surface area contributed by atoms with Crippen LogP contribution in [0.2, 0.25) is 5.02 Å². The van der Waals surface area contributed by atoms with Crippen LogP contribution in [0.4, 0.5) is 4.39 Å². The van der Waals surface area contributed by atoms with Gasteiger partial charge in [-0.05, 0) is 31.0 Å². The summed E-state index contributed by atoms with van der Waals surface area (Å²) in [7, 11) is 1.61. The number of methoxy groups -OCH3 is 1. The number of benzene rings is 2. The molecule has 0 bridgehead atoms. The van der Waals surface area contributed by atoms with E-state index in [0.717, 1.165) is 16.9 Å². The largest absolute Gasteiger partial charge is 0.496 e. The third-order valence-corrected chi connectivity index (χ3v) is 3.71. The molecule has 0 aliphatic heterocycles. The Hall–Kier alpha value is -1.62. The molecule has 5 heteroatoms. The summed E-state index contributed by atoms with van der Waals surface area (Å²) in [5.74, 6) is 5.90. The van der Waals surface area contributed by atoms with Gasteiger partial charge in [0.15, 0.2) is 0 Å². The summed E-state index contributed by atoms with van der Waals surface area (Å²) in [6.45, 7) is 1.99. The highest BCUT2D eigenvalue weighted by molar-refractivity contribution is 6.30. The summed E-state index contributed by atoms with van der Waals surface area (Å²) in [4.78, 5) is 0. The number of halogens is 2. The van der Waals surface area contributed by atoms with Crippen molar-refractivity contribution >= 4 is 11.6 Å². The summed E-state index contributed by atoms with van der Waals surface area (Å²) >= 11 is 5.83. The molecule has 0 amide bonds. The quantitative estimate of drug-likeness (QED) is 0.656. The van der Waals surface area contributed by atoms with Crippen LogP contribution in [0.3, 0.4) is 0 Å². The van der Waals surface area contributed by atoms with E-state index in [1.165, 1.54) is 6.07 Å². The van der Waals surface area contributed by atoms with E-state index in [1.54, 1.807) is 19.2 Å². The van der Waals surface area contributed by atoms with Crippen LogP contribution in [0.15, 0.2) is 36.4 Å². The van der Waals surface area contributed by atoms with Gasteiger partial charge in [-0.1, -0.05) is 41.4 Å². The molecule has 2 aromatic carbocycles. The molecule has 0 aliphatic carbocycles. The van der Waals surface area contributed by atoms with Crippen molar-refractivity contribution in [1.29, 1.82) is 0 Å². The lowest BCUT2D eigenvalue weighted by Crippen LogP contribution is -2.30. The topological polar surface area (TPSA) is 47.3 Å². The van der Waals surface area contributed by atoms with E-state index in [2.05, 4.69) is 5.43 Å². The van der Waals surface area contributed by atoms with E-state index in [9.17, 15) is 4.39 Å². The molecule has 112 valence electrons. The van der Waals surface area contributed by atoms with Gasteiger partial charge >= 0.3 is 0 Å². The number of nitrogens with two attached hydrogens (primary N) is 1. The third-order valence-electron chi connectivity index (χ3n) is 3.42. The lowest BCUT2D eigenvalue weighted by Gasteiger charge is -2.19. The van der Waals surface area contributed by atoms with E-state index >= 15 is 0 Å². The van der Waals surface area contributed by atoms with Crippen LogP contribution in [0, 0.1) is 12.7 Å². The first-order valence-electron chi connectivity index (χ1n) is 6.60. The third kappa shape index (κ3) is 3.53. The Morgan fingerprint density at radius 3 is 2.76 bits per heavy atom. The molecule has 3 N–H and O–H groups in total. The molecule has 0 radical (unpaired) electrons. The molecule has 0 heterocycles. The van der Waals surface area contributed by atoms with Gasteiger partial charge in [-0.2, -0.15) is 0 Å². The van der Waals surface area contributed by atoms with Crippen molar-refractivity contribution in [3.05, 3.63) is 63.9 Å². The van der Waals surface area contributed by atoms with Gasteiger partial charge in [0.1, 0.15) is 11.6 Å². The van der Waals surface area contributed by atoms with Gasteiger partial charge < -0.3 is 4.74 Å². The average Bonchev–Trinajstić information content (AvgIpc) is 2.48. The van der Waals surface area contributed by atoms with Crippen LogP contribution in [0.25, 0.3) is 0 Å². The van der Waals surface area contributed by atoms with Crippen LogP contribution in [-0.2, 0) is 6.42 Å². The Morgan fingerprint density at radius 1 is 1.33 bits per heavy atom. The number of aryl methyl sites for hydroxylation is 1. The van der Waals surface area contributed by atoms with Gasteiger partial charge in [-0.3, -0.25) is 11.3 Å². The number of nitrogens with one attached hydrogen (secondary N) is 1. The van der Waals surface area contributed by atoms with E-state index in [0.29, 0.717) is 12.0 Å². The van der Waals surface area contributed by atoms with Crippen LogP contribution in [0.1, 0.15) is 22.7 Å². The Bertz CT molecular complexity index is 634. The first-order chi connectivity index (χ1) is 10.1. The molecular formula is C16H18ClFN2O. The second-order valence-corrected chi connectivity index (χ2v) is 5.29. The molecule has 2 rings (SSSR count). The molecule has 3 nitrogen and oxygen atoms in total. The summed E-state index contributed by atoms with van der Waals surface area (Å²) < 4.78 is 19.5. The second kappa shape index (κ2) is 6.89. The Kier molecular flexibility index (Phi) is 5.17. The molecule has 2 aromatic rings. The number of rotatable bonds is 5. The zero-order valence-corrected chi connectivity index (χ0v) is 12.7. The van der Waals surface area contributed by atoms with E-state index in [1.807, 2.05) is 25.1 Å². The summed E-state index contributed by atoms with van der Waals surface area (Å²) in [6, 6.07) is 10.4. The lowest BCUT2D eigenvalue weighted by molar-refractivity contribution is 0.404. The molecule has 0 aliphatic rings. The van der Waals surface area contributed by atoms with Crippen LogP contribution in [0.5, 0.6) is 5.75 Å². The predicted molar refractivity (Wildman–Crippen MR) is 82.9 cm³/mol. The zero-order valence-electron chi connectivity index (χ0n) is 12.0. The number of hydrogen-bond donors (Lipinski definition) is 2. The van der Waals surface area contributed by atoms with Crippen molar-refractivity contribution in [3.63, 3.8) is 0 Å². The van der Waals surface area contributed by atoms with Crippen molar-refractivity contribution in [3.8, 4) is 5.75 Å². The highest BCUT2D eigenvalue weighted by Gasteiger charge is 2.18. The minimum atomic E-state index is -0.450. The fraction of sp³-hybridized carbons (Fsp3) is 0.250. The van der Waals surface area contributed by atoms with E-state index in [4.69, 9.17) is 22.2 Å². The molecule has 0 saturated carbocycles. The minimum absolute atomic E-state index is 0.0870. The number of hydrazine groups is 1. The second-order valence-electron chi connectivity index (χ2n) is 4.88. The van der Waals surface area contributed by atoms with Crippen molar-refractivity contribution in [1.82, 2.24) is 5.43 Å². The monoisotopic (exact) mass is 308 g/mol. The SMILES string of the molecule is COc1ccc(C)cc1CC(NN)c1cccc(Cl)c1F. The first-order valence-corrected chi connectivity index (χ1v) is 6.98. The highest BCUT2D eigenvalue weighted by atomic mass is 35.5. The van der Waals surface area contributed by atoms with Crippen molar-refractivity contribution in [2.24, 2.45) is 5.84 Å². The highest BCUT2D eigenvalue weighted by Crippen LogP contribution is 2.29. The first kappa shape index (κ1) is 15.8. The van der Waals surface area contributed by atoms with Crippen molar-refractivity contribution < 1.29 is 9.13 Å². The molecule has 0 saturated heterocycles. The lowest BCUT2D eigenvalue weighted by atomic mass is 9.97. The number of hydrogen-bond acceptors (Lipinski definition) is 3. The fourth-order valence-corrected chi connectivity index (χ4v) is 2.52. The Labute approximate surface area is 128 Å². The average molecular weight is 309 g/mol.